The van der Waals surface area contributed by atoms with Gasteiger partial charge in [0.05, 0.1) is 12.6 Å². The van der Waals surface area contributed by atoms with E-state index in [2.05, 4.69) is 15.5 Å². The fourth-order valence-electron chi connectivity index (χ4n) is 1.49. The topological polar surface area (TPSA) is 57.8 Å². The number of rotatable bonds is 3. The lowest BCUT2D eigenvalue weighted by atomic mass is 10.1. The first-order valence-electron chi connectivity index (χ1n) is 5.19. The summed E-state index contributed by atoms with van der Waals surface area (Å²) in [6.45, 7) is 1.83. The third kappa shape index (κ3) is 2.90. The number of amides is 1. The van der Waals surface area contributed by atoms with Crippen molar-refractivity contribution in [2.45, 2.75) is 13.3 Å². The number of hydrogen-bond donors (Lipinski definition) is 2. The zero-order valence-corrected chi connectivity index (χ0v) is 9.33. The molecule has 1 aromatic carbocycles. The Morgan fingerprint density at radius 3 is 3.00 bits per heavy atom. The lowest BCUT2D eigenvalue weighted by Crippen LogP contribution is -2.15. The molecule has 1 heterocycles. The predicted octanol–water partition coefficient (Wildman–Crippen LogP) is 2.04. The fourth-order valence-corrected chi connectivity index (χ4v) is 1.49. The van der Waals surface area contributed by atoms with Crippen molar-refractivity contribution in [2.75, 3.05) is 5.32 Å². The molecule has 2 aromatic rings. The third-order valence-corrected chi connectivity index (χ3v) is 2.35. The predicted molar refractivity (Wildman–Crippen MR) is 62.1 cm³/mol. The maximum atomic E-state index is 12.9. The SMILES string of the molecule is Cc1cn[nH]c1NC(=O)Cc1cccc(F)c1. The second-order valence-corrected chi connectivity index (χ2v) is 3.78. The van der Waals surface area contributed by atoms with Crippen molar-refractivity contribution in [1.82, 2.24) is 10.2 Å². The number of nitrogens with zero attached hydrogens (tertiary/aromatic N) is 1. The van der Waals surface area contributed by atoms with Crippen LogP contribution in [0.1, 0.15) is 11.1 Å². The Morgan fingerprint density at radius 2 is 2.35 bits per heavy atom. The van der Waals surface area contributed by atoms with Crippen LogP contribution in [0, 0.1) is 12.7 Å². The van der Waals surface area contributed by atoms with Crippen molar-refractivity contribution in [3.05, 3.63) is 47.4 Å². The van der Waals surface area contributed by atoms with Gasteiger partial charge in [0.1, 0.15) is 11.6 Å². The Balaban J connectivity index is 2.01. The molecule has 2 N–H and O–H groups in total. The van der Waals surface area contributed by atoms with Crippen LogP contribution in [-0.4, -0.2) is 16.1 Å². The van der Waals surface area contributed by atoms with Crippen LogP contribution in [0.2, 0.25) is 0 Å². The molecule has 0 bridgehead atoms. The summed E-state index contributed by atoms with van der Waals surface area (Å²) in [7, 11) is 0. The van der Waals surface area contributed by atoms with E-state index in [9.17, 15) is 9.18 Å². The molecule has 0 saturated heterocycles. The van der Waals surface area contributed by atoms with Crippen LogP contribution in [-0.2, 0) is 11.2 Å². The zero-order valence-electron chi connectivity index (χ0n) is 9.33. The molecule has 0 spiro atoms. The standard InChI is InChI=1S/C12H12FN3O/c1-8-7-14-16-12(8)15-11(17)6-9-3-2-4-10(13)5-9/h2-5,7H,6H2,1H3,(H2,14,15,16,17). The number of aromatic amines is 1. The van der Waals surface area contributed by atoms with Crippen LogP contribution in [0.25, 0.3) is 0 Å². The highest BCUT2D eigenvalue weighted by atomic mass is 19.1. The smallest absolute Gasteiger partial charge is 0.229 e. The van der Waals surface area contributed by atoms with Gasteiger partial charge in [0.2, 0.25) is 5.91 Å². The molecule has 0 radical (unpaired) electrons. The number of H-pyrrole nitrogens is 1. The number of aromatic nitrogens is 2. The van der Waals surface area contributed by atoms with Crippen LogP contribution in [0.5, 0.6) is 0 Å². The molecule has 2 rings (SSSR count). The van der Waals surface area contributed by atoms with E-state index in [1.54, 1.807) is 18.3 Å². The Hall–Kier alpha value is -2.17. The van der Waals surface area contributed by atoms with E-state index < -0.39 is 0 Å². The van der Waals surface area contributed by atoms with E-state index >= 15 is 0 Å². The lowest BCUT2D eigenvalue weighted by molar-refractivity contribution is -0.115. The minimum atomic E-state index is -0.340. The Kier molecular flexibility index (Phi) is 3.18. The summed E-state index contributed by atoms with van der Waals surface area (Å²) in [4.78, 5) is 11.7. The van der Waals surface area contributed by atoms with E-state index in [-0.39, 0.29) is 18.1 Å². The molecule has 0 saturated carbocycles. The molecule has 0 aliphatic heterocycles. The summed E-state index contributed by atoms with van der Waals surface area (Å²) in [5.41, 5.74) is 1.50. The molecular formula is C12H12FN3O. The molecule has 1 amide bonds. The number of carbonyl (C=O) groups is 1. The maximum Gasteiger partial charge on any atom is 0.229 e. The fraction of sp³-hybridized carbons (Fsp3) is 0.167. The van der Waals surface area contributed by atoms with Crippen molar-refractivity contribution in [3.63, 3.8) is 0 Å². The third-order valence-electron chi connectivity index (χ3n) is 2.35. The van der Waals surface area contributed by atoms with Gasteiger partial charge >= 0.3 is 0 Å². The largest absolute Gasteiger partial charge is 0.311 e. The summed E-state index contributed by atoms with van der Waals surface area (Å²) < 4.78 is 12.9. The van der Waals surface area contributed by atoms with E-state index in [0.717, 1.165) is 5.56 Å². The van der Waals surface area contributed by atoms with E-state index in [0.29, 0.717) is 11.4 Å². The van der Waals surface area contributed by atoms with Crippen molar-refractivity contribution in [3.8, 4) is 0 Å². The summed E-state index contributed by atoms with van der Waals surface area (Å²) in [5, 5.41) is 9.15. The lowest BCUT2D eigenvalue weighted by Gasteiger charge is -2.04. The zero-order chi connectivity index (χ0) is 12.3. The van der Waals surface area contributed by atoms with Gasteiger partial charge in [-0.15, -0.1) is 0 Å². The van der Waals surface area contributed by atoms with Gasteiger partial charge in [0.25, 0.3) is 0 Å². The van der Waals surface area contributed by atoms with Crippen LogP contribution in [0.15, 0.2) is 30.5 Å². The Morgan fingerprint density at radius 1 is 1.53 bits per heavy atom. The van der Waals surface area contributed by atoms with Gasteiger partial charge < -0.3 is 5.32 Å². The van der Waals surface area contributed by atoms with E-state index in [1.807, 2.05) is 6.92 Å². The number of halogens is 1. The van der Waals surface area contributed by atoms with Gasteiger partial charge in [-0.05, 0) is 24.6 Å². The first-order valence-corrected chi connectivity index (χ1v) is 5.19. The molecule has 0 fully saturated rings. The van der Waals surface area contributed by atoms with Crippen molar-refractivity contribution < 1.29 is 9.18 Å². The number of benzene rings is 1. The molecule has 0 unspecified atom stereocenters. The monoisotopic (exact) mass is 233 g/mol. The van der Waals surface area contributed by atoms with Crippen LogP contribution in [0.4, 0.5) is 10.2 Å². The van der Waals surface area contributed by atoms with Crippen molar-refractivity contribution in [2.24, 2.45) is 0 Å². The maximum absolute atomic E-state index is 12.9. The summed E-state index contributed by atoms with van der Waals surface area (Å²) in [6, 6.07) is 5.99. The minimum Gasteiger partial charge on any atom is -0.311 e. The first kappa shape index (κ1) is 11.3. The Bertz CT molecular complexity index is 536. The second-order valence-electron chi connectivity index (χ2n) is 3.78. The first-order chi connectivity index (χ1) is 8.15. The number of nitrogens with one attached hydrogen (secondary N) is 2. The van der Waals surface area contributed by atoms with Gasteiger partial charge in [0.15, 0.2) is 0 Å². The van der Waals surface area contributed by atoms with Gasteiger partial charge in [0, 0.05) is 5.56 Å². The van der Waals surface area contributed by atoms with E-state index in [4.69, 9.17) is 0 Å². The quantitative estimate of drug-likeness (QED) is 0.852. The van der Waals surface area contributed by atoms with Gasteiger partial charge in [-0.2, -0.15) is 5.10 Å². The molecule has 4 nitrogen and oxygen atoms in total. The van der Waals surface area contributed by atoms with Crippen LogP contribution < -0.4 is 5.32 Å². The number of carbonyl (C=O) groups excluding carboxylic acids is 1. The normalized spacial score (nSPS) is 10.2. The number of anilines is 1. The molecule has 0 aliphatic rings. The molecule has 5 heteroatoms. The second kappa shape index (κ2) is 4.78. The average molecular weight is 233 g/mol. The molecule has 0 atom stereocenters. The van der Waals surface area contributed by atoms with Crippen LogP contribution in [0.3, 0.4) is 0 Å². The highest BCUT2D eigenvalue weighted by Gasteiger charge is 2.07. The molecular weight excluding hydrogens is 221 g/mol. The minimum absolute atomic E-state index is 0.135. The van der Waals surface area contributed by atoms with Crippen LogP contribution >= 0.6 is 0 Å². The van der Waals surface area contributed by atoms with Gasteiger partial charge in [-0.25, -0.2) is 4.39 Å². The Labute approximate surface area is 97.9 Å². The van der Waals surface area contributed by atoms with Gasteiger partial charge in [-0.1, -0.05) is 12.1 Å². The van der Waals surface area contributed by atoms with Gasteiger partial charge in [-0.3, -0.25) is 9.89 Å². The summed E-state index contributed by atoms with van der Waals surface area (Å²) in [5.74, 6) is 0.0300. The van der Waals surface area contributed by atoms with Crippen molar-refractivity contribution >= 4 is 11.7 Å². The molecule has 0 aliphatic carbocycles. The summed E-state index contributed by atoms with van der Waals surface area (Å²) >= 11 is 0. The summed E-state index contributed by atoms with van der Waals surface area (Å²) in [6.07, 6.45) is 1.76. The average Bonchev–Trinajstić information content (AvgIpc) is 2.64. The number of hydrogen-bond acceptors (Lipinski definition) is 2. The van der Waals surface area contributed by atoms with Crippen molar-refractivity contribution in [1.29, 1.82) is 0 Å². The highest BCUT2D eigenvalue weighted by Crippen LogP contribution is 2.10. The molecule has 17 heavy (non-hydrogen) atoms. The number of aryl methyl sites for hydroxylation is 1. The molecule has 1 aromatic heterocycles. The highest BCUT2D eigenvalue weighted by molar-refractivity contribution is 5.91. The van der Waals surface area contributed by atoms with E-state index in [1.165, 1.54) is 12.1 Å². The molecule has 88 valence electrons.